The molecular weight excluding hydrogens is 242 g/mol. The van der Waals surface area contributed by atoms with Crippen molar-refractivity contribution in [1.29, 1.82) is 0 Å². The van der Waals surface area contributed by atoms with Crippen molar-refractivity contribution in [3.05, 3.63) is 48.0 Å². The molecule has 2 unspecified atom stereocenters. The Morgan fingerprint density at radius 1 is 1.05 bits per heavy atom. The van der Waals surface area contributed by atoms with Crippen molar-refractivity contribution >= 4 is 10.8 Å². The van der Waals surface area contributed by atoms with Crippen LogP contribution < -0.4 is 5.32 Å². The summed E-state index contributed by atoms with van der Waals surface area (Å²) in [6.45, 7) is 4.57. The van der Waals surface area contributed by atoms with Gasteiger partial charge in [-0.1, -0.05) is 55.8 Å². The van der Waals surface area contributed by atoms with Crippen molar-refractivity contribution in [3.63, 3.8) is 0 Å². The monoisotopic (exact) mass is 267 g/mol. The third-order valence-corrected chi connectivity index (χ3v) is 4.72. The molecule has 1 N–H and O–H groups in total. The zero-order valence-electron chi connectivity index (χ0n) is 12.4. The Hall–Kier alpha value is -1.34. The zero-order chi connectivity index (χ0) is 13.8. The second-order valence-corrected chi connectivity index (χ2v) is 6.07. The maximum atomic E-state index is 3.62. The summed E-state index contributed by atoms with van der Waals surface area (Å²) in [5.41, 5.74) is 1.57. The summed E-state index contributed by atoms with van der Waals surface area (Å²) in [6.07, 6.45) is 5.34. The van der Waals surface area contributed by atoms with Crippen LogP contribution in [0.2, 0.25) is 0 Å². The van der Waals surface area contributed by atoms with Crippen molar-refractivity contribution < 1.29 is 0 Å². The summed E-state index contributed by atoms with van der Waals surface area (Å²) in [6, 6.07) is 15.7. The summed E-state index contributed by atoms with van der Waals surface area (Å²) in [5, 5.41) is 6.47. The molecule has 0 aliphatic heterocycles. The minimum absolute atomic E-state index is 0.741. The topological polar surface area (TPSA) is 12.0 Å². The molecule has 1 fully saturated rings. The summed E-state index contributed by atoms with van der Waals surface area (Å²) < 4.78 is 0. The van der Waals surface area contributed by atoms with E-state index in [4.69, 9.17) is 0 Å². The maximum absolute atomic E-state index is 3.62. The molecule has 1 aliphatic rings. The fraction of sp³-hybridized carbons (Fsp3) is 0.474. The molecule has 1 aliphatic carbocycles. The third kappa shape index (κ3) is 2.73. The second kappa shape index (κ2) is 6.41. The van der Waals surface area contributed by atoms with Crippen LogP contribution in [-0.2, 0) is 0 Å². The average molecular weight is 267 g/mol. The second-order valence-electron chi connectivity index (χ2n) is 6.07. The van der Waals surface area contributed by atoms with Gasteiger partial charge in [-0.15, -0.1) is 0 Å². The van der Waals surface area contributed by atoms with Gasteiger partial charge in [0.1, 0.15) is 0 Å². The molecule has 1 heteroatoms. The Morgan fingerprint density at radius 3 is 2.80 bits per heavy atom. The minimum atomic E-state index is 0.741. The van der Waals surface area contributed by atoms with Gasteiger partial charge >= 0.3 is 0 Å². The molecule has 0 radical (unpaired) electrons. The lowest BCUT2D eigenvalue weighted by Crippen LogP contribution is -2.25. The fourth-order valence-corrected chi connectivity index (χ4v) is 3.73. The van der Waals surface area contributed by atoms with Crippen molar-refractivity contribution in [2.45, 2.75) is 38.5 Å². The van der Waals surface area contributed by atoms with Gasteiger partial charge in [-0.05, 0) is 60.5 Å². The van der Waals surface area contributed by atoms with Crippen LogP contribution in [0.4, 0.5) is 0 Å². The number of benzene rings is 2. The highest BCUT2D eigenvalue weighted by molar-refractivity contribution is 5.86. The van der Waals surface area contributed by atoms with Crippen LogP contribution in [0.5, 0.6) is 0 Å². The van der Waals surface area contributed by atoms with E-state index in [2.05, 4.69) is 54.7 Å². The SMILES string of the molecule is CCCNCC1CCCC1c1cccc2ccccc12. The molecule has 0 aromatic heterocycles. The average Bonchev–Trinajstić information content (AvgIpc) is 2.95. The fourth-order valence-electron chi connectivity index (χ4n) is 3.73. The summed E-state index contributed by atoms with van der Waals surface area (Å²) in [5.74, 6) is 1.55. The van der Waals surface area contributed by atoms with Crippen molar-refractivity contribution in [2.75, 3.05) is 13.1 Å². The summed E-state index contributed by atoms with van der Waals surface area (Å²) in [4.78, 5) is 0. The van der Waals surface area contributed by atoms with Crippen molar-refractivity contribution in [3.8, 4) is 0 Å². The predicted molar refractivity (Wildman–Crippen MR) is 87.2 cm³/mol. The Morgan fingerprint density at radius 2 is 1.90 bits per heavy atom. The number of nitrogens with one attached hydrogen (secondary N) is 1. The molecule has 0 saturated heterocycles. The van der Waals surface area contributed by atoms with Gasteiger partial charge in [-0.25, -0.2) is 0 Å². The lowest BCUT2D eigenvalue weighted by Gasteiger charge is -2.22. The third-order valence-electron chi connectivity index (χ3n) is 4.72. The molecule has 1 nitrogen and oxygen atoms in total. The number of hydrogen-bond acceptors (Lipinski definition) is 1. The molecule has 2 aromatic carbocycles. The van der Waals surface area contributed by atoms with Crippen LogP contribution >= 0.6 is 0 Å². The minimum Gasteiger partial charge on any atom is -0.316 e. The largest absolute Gasteiger partial charge is 0.316 e. The van der Waals surface area contributed by atoms with Crippen LogP contribution in [0.1, 0.15) is 44.1 Å². The van der Waals surface area contributed by atoms with Gasteiger partial charge in [-0.3, -0.25) is 0 Å². The molecule has 106 valence electrons. The van der Waals surface area contributed by atoms with Gasteiger partial charge < -0.3 is 5.32 Å². The van der Waals surface area contributed by atoms with Crippen LogP contribution in [0.3, 0.4) is 0 Å². The lowest BCUT2D eigenvalue weighted by atomic mass is 9.86. The smallest absolute Gasteiger partial charge is 0.00147 e. The van der Waals surface area contributed by atoms with Gasteiger partial charge in [0.05, 0.1) is 0 Å². The first-order chi connectivity index (χ1) is 9.90. The molecule has 2 atom stereocenters. The zero-order valence-corrected chi connectivity index (χ0v) is 12.4. The van der Waals surface area contributed by atoms with Gasteiger partial charge in [0.15, 0.2) is 0 Å². The van der Waals surface area contributed by atoms with E-state index in [9.17, 15) is 0 Å². The summed E-state index contributed by atoms with van der Waals surface area (Å²) in [7, 11) is 0. The molecule has 0 spiro atoms. The van der Waals surface area contributed by atoms with E-state index in [1.165, 1.54) is 43.0 Å². The van der Waals surface area contributed by atoms with Crippen molar-refractivity contribution in [2.24, 2.45) is 5.92 Å². The van der Waals surface area contributed by atoms with Crippen LogP contribution in [0, 0.1) is 5.92 Å². The van der Waals surface area contributed by atoms with E-state index in [1.807, 2.05) is 0 Å². The van der Waals surface area contributed by atoms with E-state index < -0.39 is 0 Å². The van der Waals surface area contributed by atoms with E-state index in [0.29, 0.717) is 0 Å². The molecular formula is C19H25N. The Kier molecular flexibility index (Phi) is 4.37. The highest BCUT2D eigenvalue weighted by atomic mass is 14.9. The molecule has 20 heavy (non-hydrogen) atoms. The highest BCUT2D eigenvalue weighted by Crippen LogP contribution is 2.41. The normalized spacial score (nSPS) is 22.4. The molecule has 1 saturated carbocycles. The molecule has 0 heterocycles. The van der Waals surface area contributed by atoms with Crippen LogP contribution in [-0.4, -0.2) is 13.1 Å². The molecule has 0 bridgehead atoms. The van der Waals surface area contributed by atoms with E-state index in [0.717, 1.165) is 18.4 Å². The van der Waals surface area contributed by atoms with Crippen LogP contribution in [0.25, 0.3) is 10.8 Å². The molecule has 2 aromatic rings. The van der Waals surface area contributed by atoms with E-state index in [-0.39, 0.29) is 0 Å². The maximum Gasteiger partial charge on any atom is -0.00147 e. The van der Waals surface area contributed by atoms with Crippen LogP contribution in [0.15, 0.2) is 42.5 Å². The number of hydrogen-bond donors (Lipinski definition) is 1. The van der Waals surface area contributed by atoms with Gasteiger partial charge in [-0.2, -0.15) is 0 Å². The first-order valence-corrected chi connectivity index (χ1v) is 8.08. The first-order valence-electron chi connectivity index (χ1n) is 8.08. The standard InChI is InChI=1S/C19H25N/c1-2-13-20-14-16-9-6-11-18(16)19-12-5-8-15-7-3-4-10-17(15)19/h3-5,7-8,10,12,16,18,20H,2,6,9,11,13-14H2,1H3. The first kappa shape index (κ1) is 13.6. The Balaban J connectivity index is 1.86. The Labute approximate surface area is 122 Å². The highest BCUT2D eigenvalue weighted by Gasteiger charge is 2.29. The van der Waals surface area contributed by atoms with E-state index in [1.54, 1.807) is 5.56 Å². The summed E-state index contributed by atoms with van der Waals surface area (Å²) >= 11 is 0. The number of fused-ring (bicyclic) bond motifs is 1. The van der Waals surface area contributed by atoms with Crippen molar-refractivity contribution in [1.82, 2.24) is 5.32 Å². The Bertz CT molecular complexity index is 555. The molecule has 0 amide bonds. The van der Waals surface area contributed by atoms with Gasteiger partial charge in [0.2, 0.25) is 0 Å². The molecule has 3 rings (SSSR count). The van der Waals surface area contributed by atoms with E-state index >= 15 is 0 Å². The van der Waals surface area contributed by atoms with Gasteiger partial charge in [0.25, 0.3) is 0 Å². The predicted octanol–water partition coefficient (Wildman–Crippen LogP) is 4.72. The van der Waals surface area contributed by atoms with Gasteiger partial charge in [0, 0.05) is 0 Å². The lowest BCUT2D eigenvalue weighted by molar-refractivity contribution is 0.446. The quantitative estimate of drug-likeness (QED) is 0.773. The number of rotatable bonds is 5.